The van der Waals surface area contributed by atoms with Crippen molar-refractivity contribution in [3.05, 3.63) is 60.3 Å². The molecular formula is C17H17N3O. The minimum atomic E-state index is 0.0332. The van der Waals surface area contributed by atoms with Crippen LogP contribution in [0.4, 0.5) is 0 Å². The van der Waals surface area contributed by atoms with Crippen LogP contribution in [0.15, 0.2) is 54.6 Å². The van der Waals surface area contributed by atoms with Crippen molar-refractivity contribution in [3.63, 3.8) is 0 Å². The molecule has 1 aromatic heterocycles. The van der Waals surface area contributed by atoms with Crippen molar-refractivity contribution in [2.75, 3.05) is 20.6 Å². The molecule has 0 aliphatic heterocycles. The molecule has 1 heterocycles. The molecule has 0 atom stereocenters. The van der Waals surface area contributed by atoms with E-state index in [0.717, 1.165) is 16.6 Å². The lowest BCUT2D eigenvalue weighted by Crippen LogP contribution is -2.22. The number of nitrogens with zero attached hydrogens (tertiary/aromatic N) is 3. The lowest BCUT2D eigenvalue weighted by Gasteiger charge is -2.06. The third kappa shape index (κ3) is 2.58. The summed E-state index contributed by atoms with van der Waals surface area (Å²) in [5, 5.41) is 5.45. The number of benzene rings is 2. The fourth-order valence-electron chi connectivity index (χ4n) is 2.40. The molecule has 3 aromatic rings. The number of Topliss-reactive ketones (excluding diaryl/α,β-unsaturated/α-hetero) is 1. The molecule has 0 aliphatic carbocycles. The summed E-state index contributed by atoms with van der Waals surface area (Å²) in [6, 6.07) is 17.7. The van der Waals surface area contributed by atoms with Gasteiger partial charge in [0, 0.05) is 5.39 Å². The van der Waals surface area contributed by atoms with Gasteiger partial charge in [0.2, 0.25) is 0 Å². The number of fused-ring (bicyclic) bond motifs is 1. The van der Waals surface area contributed by atoms with E-state index in [-0.39, 0.29) is 5.78 Å². The van der Waals surface area contributed by atoms with Gasteiger partial charge in [0.25, 0.3) is 0 Å². The van der Waals surface area contributed by atoms with Crippen molar-refractivity contribution < 1.29 is 4.79 Å². The highest BCUT2D eigenvalue weighted by Crippen LogP contribution is 2.22. The fraction of sp³-hybridized carbons (Fsp3) is 0.176. The van der Waals surface area contributed by atoms with E-state index in [0.29, 0.717) is 12.2 Å². The topological polar surface area (TPSA) is 38.1 Å². The number of likely N-dealkylation sites (N-methyl/N-ethyl adjacent to an activating group) is 1. The van der Waals surface area contributed by atoms with E-state index in [1.807, 2.05) is 78.3 Å². The summed E-state index contributed by atoms with van der Waals surface area (Å²) in [7, 11) is 3.77. The second-order valence-electron chi connectivity index (χ2n) is 5.27. The highest BCUT2D eigenvalue weighted by atomic mass is 16.1. The Labute approximate surface area is 123 Å². The monoisotopic (exact) mass is 279 g/mol. The van der Waals surface area contributed by atoms with Gasteiger partial charge in [-0.1, -0.05) is 36.4 Å². The number of ketones is 1. The number of carbonyl (C=O) groups excluding carboxylic acids is 1. The van der Waals surface area contributed by atoms with Gasteiger partial charge >= 0.3 is 0 Å². The molecule has 4 heteroatoms. The van der Waals surface area contributed by atoms with E-state index >= 15 is 0 Å². The predicted octanol–water partition coefficient (Wildman–Crippen LogP) is 2.77. The number of para-hydroxylation sites is 2. The summed E-state index contributed by atoms with van der Waals surface area (Å²) in [5.74, 6) is 0.0332. The van der Waals surface area contributed by atoms with Crippen LogP contribution < -0.4 is 0 Å². The minimum Gasteiger partial charge on any atom is -0.302 e. The van der Waals surface area contributed by atoms with Crippen molar-refractivity contribution >= 4 is 16.7 Å². The Kier molecular flexibility index (Phi) is 3.54. The first-order valence-corrected chi connectivity index (χ1v) is 6.88. The molecule has 0 spiro atoms. The highest BCUT2D eigenvalue weighted by molar-refractivity contribution is 6.07. The number of carbonyl (C=O) groups is 1. The SMILES string of the molecule is CN(C)CC(=O)c1nn(-c2ccccc2)c2ccccc12. The lowest BCUT2D eigenvalue weighted by atomic mass is 10.1. The molecule has 0 saturated carbocycles. The van der Waals surface area contributed by atoms with E-state index in [9.17, 15) is 4.79 Å². The van der Waals surface area contributed by atoms with Crippen LogP contribution in [-0.4, -0.2) is 41.1 Å². The van der Waals surface area contributed by atoms with Gasteiger partial charge in [-0.2, -0.15) is 5.10 Å². The summed E-state index contributed by atoms with van der Waals surface area (Å²) >= 11 is 0. The second kappa shape index (κ2) is 5.50. The van der Waals surface area contributed by atoms with Crippen LogP contribution in [0, 0.1) is 0 Å². The maximum atomic E-state index is 12.4. The van der Waals surface area contributed by atoms with Crippen LogP contribution in [0.1, 0.15) is 10.5 Å². The van der Waals surface area contributed by atoms with Crippen molar-refractivity contribution in [3.8, 4) is 5.69 Å². The van der Waals surface area contributed by atoms with E-state index < -0.39 is 0 Å². The van der Waals surface area contributed by atoms with Crippen LogP contribution in [0.25, 0.3) is 16.6 Å². The quantitative estimate of drug-likeness (QED) is 0.689. The Morgan fingerprint density at radius 2 is 1.71 bits per heavy atom. The normalized spacial score (nSPS) is 11.2. The third-order valence-electron chi connectivity index (χ3n) is 3.31. The fourth-order valence-corrected chi connectivity index (χ4v) is 2.40. The van der Waals surface area contributed by atoms with Gasteiger partial charge in [0.1, 0.15) is 5.69 Å². The molecule has 4 nitrogen and oxygen atoms in total. The zero-order valence-electron chi connectivity index (χ0n) is 12.2. The molecule has 2 aromatic carbocycles. The summed E-state index contributed by atoms with van der Waals surface area (Å²) in [6.45, 7) is 0.357. The largest absolute Gasteiger partial charge is 0.302 e. The van der Waals surface area contributed by atoms with Crippen molar-refractivity contribution in [1.82, 2.24) is 14.7 Å². The summed E-state index contributed by atoms with van der Waals surface area (Å²) < 4.78 is 1.83. The van der Waals surface area contributed by atoms with Gasteiger partial charge in [-0.15, -0.1) is 0 Å². The highest BCUT2D eigenvalue weighted by Gasteiger charge is 2.17. The standard InChI is InChI=1S/C17H17N3O/c1-19(2)12-16(21)17-14-10-6-7-11-15(14)20(18-17)13-8-4-3-5-9-13/h3-11H,12H2,1-2H3. The lowest BCUT2D eigenvalue weighted by molar-refractivity contribution is 0.0954. The molecule has 0 amide bonds. The maximum absolute atomic E-state index is 12.4. The van der Waals surface area contributed by atoms with Crippen molar-refractivity contribution in [2.45, 2.75) is 0 Å². The van der Waals surface area contributed by atoms with Gasteiger partial charge in [0.15, 0.2) is 5.78 Å². The number of rotatable bonds is 4. The van der Waals surface area contributed by atoms with Crippen LogP contribution in [-0.2, 0) is 0 Å². The molecule has 21 heavy (non-hydrogen) atoms. The molecule has 106 valence electrons. The molecule has 0 aliphatic rings. The number of hydrogen-bond acceptors (Lipinski definition) is 3. The molecule has 0 unspecified atom stereocenters. The smallest absolute Gasteiger partial charge is 0.197 e. The molecule has 0 N–H and O–H groups in total. The maximum Gasteiger partial charge on any atom is 0.197 e. The molecule has 0 radical (unpaired) electrons. The van der Waals surface area contributed by atoms with Crippen LogP contribution in [0.5, 0.6) is 0 Å². The van der Waals surface area contributed by atoms with Crippen molar-refractivity contribution in [1.29, 1.82) is 0 Å². The van der Waals surface area contributed by atoms with Gasteiger partial charge in [0.05, 0.1) is 17.7 Å². The summed E-state index contributed by atoms with van der Waals surface area (Å²) in [5.41, 5.74) is 2.44. The van der Waals surface area contributed by atoms with Gasteiger partial charge in [-0.25, -0.2) is 4.68 Å². The first-order valence-electron chi connectivity index (χ1n) is 6.88. The predicted molar refractivity (Wildman–Crippen MR) is 84.0 cm³/mol. The second-order valence-corrected chi connectivity index (χ2v) is 5.27. The number of hydrogen-bond donors (Lipinski definition) is 0. The molecule has 3 rings (SSSR count). The Morgan fingerprint density at radius 3 is 2.43 bits per heavy atom. The molecular weight excluding hydrogens is 262 g/mol. The van der Waals surface area contributed by atoms with E-state index in [4.69, 9.17) is 0 Å². The summed E-state index contributed by atoms with van der Waals surface area (Å²) in [4.78, 5) is 14.3. The number of aromatic nitrogens is 2. The van der Waals surface area contributed by atoms with Crippen LogP contribution >= 0.6 is 0 Å². The Hall–Kier alpha value is -2.46. The van der Waals surface area contributed by atoms with E-state index in [2.05, 4.69) is 5.10 Å². The van der Waals surface area contributed by atoms with Gasteiger partial charge in [-0.05, 0) is 32.3 Å². The zero-order chi connectivity index (χ0) is 14.8. The van der Waals surface area contributed by atoms with E-state index in [1.165, 1.54) is 0 Å². The average molecular weight is 279 g/mol. The van der Waals surface area contributed by atoms with Crippen LogP contribution in [0.3, 0.4) is 0 Å². The molecule has 0 fully saturated rings. The van der Waals surface area contributed by atoms with Gasteiger partial charge < -0.3 is 4.90 Å². The first-order chi connectivity index (χ1) is 10.2. The molecule has 0 saturated heterocycles. The van der Waals surface area contributed by atoms with E-state index in [1.54, 1.807) is 0 Å². The third-order valence-corrected chi connectivity index (χ3v) is 3.31. The minimum absolute atomic E-state index is 0.0332. The molecule has 0 bridgehead atoms. The Bertz CT molecular complexity index is 775. The van der Waals surface area contributed by atoms with Gasteiger partial charge in [-0.3, -0.25) is 4.79 Å². The van der Waals surface area contributed by atoms with Crippen molar-refractivity contribution in [2.24, 2.45) is 0 Å². The Balaban J connectivity index is 2.17. The Morgan fingerprint density at radius 1 is 1.05 bits per heavy atom. The first kappa shape index (κ1) is 13.5. The summed E-state index contributed by atoms with van der Waals surface area (Å²) in [6.07, 6.45) is 0. The average Bonchev–Trinajstić information content (AvgIpc) is 2.87. The van der Waals surface area contributed by atoms with Crippen LogP contribution in [0.2, 0.25) is 0 Å². The zero-order valence-corrected chi connectivity index (χ0v) is 12.2.